The van der Waals surface area contributed by atoms with Crippen molar-refractivity contribution in [1.82, 2.24) is 9.88 Å². The summed E-state index contributed by atoms with van der Waals surface area (Å²) in [6, 6.07) is 6.61. The molecule has 0 aliphatic carbocycles. The minimum absolute atomic E-state index is 0.528. The highest BCUT2D eigenvalue weighted by Gasteiger charge is 2.08. The van der Waals surface area contributed by atoms with Crippen LogP contribution in [0, 0.1) is 0 Å². The number of nitrogen functional groups attached to an aromatic ring is 1. The van der Waals surface area contributed by atoms with Gasteiger partial charge in [-0.05, 0) is 33.0 Å². The quantitative estimate of drug-likeness (QED) is 0.794. The molecule has 0 amide bonds. The summed E-state index contributed by atoms with van der Waals surface area (Å²) in [6.07, 6.45) is 0. The summed E-state index contributed by atoms with van der Waals surface area (Å²) in [6.45, 7) is 6.06. The lowest BCUT2D eigenvalue weighted by atomic mass is 10.3. The van der Waals surface area contributed by atoms with Crippen molar-refractivity contribution in [3.8, 4) is 0 Å². The van der Waals surface area contributed by atoms with Crippen molar-refractivity contribution in [3.63, 3.8) is 0 Å². The Kier molecular flexibility index (Phi) is 3.72. The van der Waals surface area contributed by atoms with Gasteiger partial charge in [-0.2, -0.15) is 4.98 Å². The van der Waals surface area contributed by atoms with E-state index in [1.54, 1.807) is 0 Å². The highest BCUT2D eigenvalue weighted by atomic mass is 16.4. The smallest absolute Gasteiger partial charge is 0.295 e. The maximum absolute atomic E-state index is 5.83. The van der Waals surface area contributed by atoms with Crippen LogP contribution in [0.3, 0.4) is 0 Å². The monoisotopic (exact) mass is 248 g/mol. The second kappa shape index (κ2) is 5.27. The highest BCUT2D eigenvalue weighted by Crippen LogP contribution is 2.23. The van der Waals surface area contributed by atoms with Crippen molar-refractivity contribution in [2.75, 3.05) is 31.2 Å². The van der Waals surface area contributed by atoms with Gasteiger partial charge in [-0.3, -0.25) is 0 Å². The van der Waals surface area contributed by atoms with Gasteiger partial charge < -0.3 is 20.4 Å². The Bertz CT molecular complexity index is 521. The zero-order chi connectivity index (χ0) is 13.1. The fraction of sp³-hybridized carbons (Fsp3) is 0.462. The molecule has 0 saturated carbocycles. The fourth-order valence-electron chi connectivity index (χ4n) is 1.64. The summed E-state index contributed by atoms with van der Waals surface area (Å²) in [5.74, 6) is 0. The van der Waals surface area contributed by atoms with Crippen molar-refractivity contribution in [3.05, 3.63) is 18.2 Å². The highest BCUT2D eigenvalue weighted by molar-refractivity contribution is 5.86. The van der Waals surface area contributed by atoms with E-state index in [-0.39, 0.29) is 0 Å². The number of aromatic nitrogens is 1. The van der Waals surface area contributed by atoms with Gasteiger partial charge in [-0.1, -0.05) is 6.07 Å². The first-order valence-electron chi connectivity index (χ1n) is 6.17. The van der Waals surface area contributed by atoms with Crippen molar-refractivity contribution in [2.24, 2.45) is 0 Å². The maximum Gasteiger partial charge on any atom is 0.295 e. The summed E-state index contributed by atoms with van der Waals surface area (Å²) < 4.78 is 5.57. The van der Waals surface area contributed by atoms with E-state index in [2.05, 4.69) is 36.1 Å². The Labute approximate surface area is 107 Å². The van der Waals surface area contributed by atoms with Crippen LogP contribution in [-0.4, -0.2) is 36.1 Å². The molecule has 0 bridgehead atoms. The molecule has 1 heterocycles. The SMILES string of the molecule is CC(C)N(C)CCNc1nc2c(N)cccc2o1. The molecule has 3 N–H and O–H groups in total. The number of hydrogen-bond acceptors (Lipinski definition) is 5. The second-order valence-electron chi connectivity index (χ2n) is 4.71. The summed E-state index contributed by atoms with van der Waals surface area (Å²) >= 11 is 0. The van der Waals surface area contributed by atoms with Gasteiger partial charge in [-0.15, -0.1) is 0 Å². The Morgan fingerprint density at radius 2 is 2.22 bits per heavy atom. The van der Waals surface area contributed by atoms with Gasteiger partial charge in [-0.25, -0.2) is 0 Å². The van der Waals surface area contributed by atoms with E-state index >= 15 is 0 Å². The molecule has 0 unspecified atom stereocenters. The molecule has 0 fully saturated rings. The molecular weight excluding hydrogens is 228 g/mol. The van der Waals surface area contributed by atoms with Gasteiger partial charge in [0.05, 0.1) is 5.69 Å². The van der Waals surface area contributed by atoms with Gasteiger partial charge in [0, 0.05) is 19.1 Å². The summed E-state index contributed by atoms with van der Waals surface area (Å²) in [7, 11) is 2.09. The van der Waals surface area contributed by atoms with E-state index in [1.165, 1.54) is 0 Å². The van der Waals surface area contributed by atoms with Gasteiger partial charge in [0.2, 0.25) is 0 Å². The minimum Gasteiger partial charge on any atom is -0.423 e. The fourth-order valence-corrected chi connectivity index (χ4v) is 1.64. The van der Waals surface area contributed by atoms with Crippen LogP contribution >= 0.6 is 0 Å². The average molecular weight is 248 g/mol. The predicted molar refractivity (Wildman–Crippen MR) is 74.7 cm³/mol. The lowest BCUT2D eigenvalue weighted by molar-refractivity contribution is 0.284. The molecule has 1 aromatic heterocycles. The van der Waals surface area contributed by atoms with Crippen molar-refractivity contribution >= 4 is 22.8 Å². The van der Waals surface area contributed by atoms with Crippen LogP contribution in [0.4, 0.5) is 11.7 Å². The molecule has 0 atom stereocenters. The van der Waals surface area contributed by atoms with Crippen LogP contribution in [-0.2, 0) is 0 Å². The third-order valence-corrected chi connectivity index (χ3v) is 3.07. The molecule has 1 aromatic carbocycles. The normalized spacial score (nSPS) is 11.6. The van der Waals surface area contributed by atoms with Gasteiger partial charge in [0.1, 0.15) is 5.52 Å². The van der Waals surface area contributed by atoms with E-state index in [4.69, 9.17) is 10.2 Å². The number of fused-ring (bicyclic) bond motifs is 1. The van der Waals surface area contributed by atoms with Crippen LogP contribution in [0.25, 0.3) is 11.1 Å². The van der Waals surface area contributed by atoms with Crippen molar-refractivity contribution < 1.29 is 4.42 Å². The number of likely N-dealkylation sites (N-methyl/N-ethyl adjacent to an activating group) is 1. The molecule has 0 spiro atoms. The Morgan fingerprint density at radius 1 is 1.44 bits per heavy atom. The molecule has 2 rings (SSSR count). The first-order chi connectivity index (χ1) is 8.58. The third kappa shape index (κ3) is 2.73. The summed E-state index contributed by atoms with van der Waals surface area (Å²) in [5, 5.41) is 3.17. The molecule has 0 radical (unpaired) electrons. The minimum atomic E-state index is 0.528. The number of nitrogens with two attached hydrogens (primary N) is 1. The number of rotatable bonds is 5. The number of anilines is 2. The molecule has 98 valence electrons. The predicted octanol–water partition coefficient (Wildman–Crippen LogP) is 2.16. The Balaban J connectivity index is 1.98. The summed E-state index contributed by atoms with van der Waals surface area (Å²) in [5.41, 5.74) is 7.91. The first-order valence-corrected chi connectivity index (χ1v) is 6.17. The van der Waals surface area contributed by atoms with E-state index in [0.717, 1.165) is 24.2 Å². The van der Waals surface area contributed by atoms with E-state index in [9.17, 15) is 0 Å². The van der Waals surface area contributed by atoms with Crippen LogP contribution < -0.4 is 11.1 Å². The number of nitrogens with one attached hydrogen (secondary N) is 1. The number of benzene rings is 1. The second-order valence-corrected chi connectivity index (χ2v) is 4.71. The lowest BCUT2D eigenvalue weighted by Crippen LogP contribution is -2.31. The molecule has 0 saturated heterocycles. The third-order valence-electron chi connectivity index (χ3n) is 3.07. The number of para-hydroxylation sites is 1. The van der Waals surface area contributed by atoms with Crippen molar-refractivity contribution in [2.45, 2.75) is 19.9 Å². The van der Waals surface area contributed by atoms with Gasteiger partial charge in [0.15, 0.2) is 5.58 Å². The molecule has 5 nitrogen and oxygen atoms in total. The van der Waals surface area contributed by atoms with E-state index in [0.29, 0.717) is 17.7 Å². The summed E-state index contributed by atoms with van der Waals surface area (Å²) in [4.78, 5) is 6.59. The number of oxazole rings is 1. The lowest BCUT2D eigenvalue weighted by Gasteiger charge is -2.20. The molecule has 2 aromatic rings. The molecular formula is C13H20N4O. The van der Waals surface area contributed by atoms with Crippen molar-refractivity contribution in [1.29, 1.82) is 0 Å². The van der Waals surface area contributed by atoms with Crippen LogP contribution in [0.1, 0.15) is 13.8 Å². The zero-order valence-electron chi connectivity index (χ0n) is 11.1. The Hall–Kier alpha value is -1.75. The molecule has 0 aliphatic heterocycles. The average Bonchev–Trinajstić information content (AvgIpc) is 2.73. The topological polar surface area (TPSA) is 67.3 Å². The zero-order valence-corrected chi connectivity index (χ0v) is 11.1. The molecule has 5 heteroatoms. The van der Waals surface area contributed by atoms with Crippen LogP contribution in [0.15, 0.2) is 22.6 Å². The van der Waals surface area contributed by atoms with Gasteiger partial charge in [0.25, 0.3) is 6.01 Å². The van der Waals surface area contributed by atoms with E-state index < -0.39 is 0 Å². The molecule has 18 heavy (non-hydrogen) atoms. The van der Waals surface area contributed by atoms with Crippen LogP contribution in [0.2, 0.25) is 0 Å². The largest absolute Gasteiger partial charge is 0.423 e. The Morgan fingerprint density at radius 3 is 2.89 bits per heavy atom. The van der Waals surface area contributed by atoms with Gasteiger partial charge >= 0.3 is 0 Å². The first kappa shape index (κ1) is 12.7. The number of hydrogen-bond donors (Lipinski definition) is 2. The number of nitrogens with zero attached hydrogens (tertiary/aromatic N) is 2. The molecule has 0 aliphatic rings. The standard InChI is InChI=1S/C13H20N4O/c1-9(2)17(3)8-7-15-13-16-12-10(14)5-4-6-11(12)18-13/h4-6,9H,7-8,14H2,1-3H3,(H,15,16). The van der Waals surface area contributed by atoms with E-state index in [1.807, 2.05) is 18.2 Å². The maximum atomic E-state index is 5.83. The van der Waals surface area contributed by atoms with Crippen LogP contribution in [0.5, 0.6) is 0 Å².